The van der Waals surface area contributed by atoms with Crippen molar-refractivity contribution in [2.45, 2.75) is 38.1 Å². The summed E-state index contributed by atoms with van der Waals surface area (Å²) in [6.07, 6.45) is -2.88. The summed E-state index contributed by atoms with van der Waals surface area (Å²) in [5, 5.41) is 72.0. The molecular weight excluding hydrogens is 1460 g/mol. The predicted octanol–water partition coefficient (Wildman–Crippen LogP) is 0.307. The van der Waals surface area contributed by atoms with E-state index in [-0.39, 0.29) is 81.2 Å². The van der Waals surface area contributed by atoms with Gasteiger partial charge in [0.25, 0.3) is 35.4 Å². The van der Waals surface area contributed by atoms with Gasteiger partial charge in [0.15, 0.2) is 0 Å². The molecule has 11 N–H and O–H groups in total. The summed E-state index contributed by atoms with van der Waals surface area (Å²) in [5.41, 5.74) is 0.207. The molecule has 0 radical (unpaired) electrons. The first-order valence-corrected chi connectivity index (χ1v) is 24.0. The maximum absolute atomic E-state index is 14.6. The molecule has 326 valence electrons. The first-order valence-electron chi connectivity index (χ1n) is 17.5. The number of benzene rings is 2. The Hall–Kier alpha value is -0.640. The van der Waals surface area contributed by atoms with Gasteiger partial charge in [0.05, 0.1) is 86.4 Å². The van der Waals surface area contributed by atoms with E-state index < -0.39 is 86.2 Å². The van der Waals surface area contributed by atoms with E-state index in [0.29, 0.717) is 13.1 Å². The number of nitrogens with zero attached hydrogens (tertiary/aromatic N) is 2. The van der Waals surface area contributed by atoms with E-state index in [1.807, 2.05) is 136 Å². The molecule has 0 unspecified atom stereocenters. The van der Waals surface area contributed by atoms with Crippen LogP contribution < -0.4 is 26.6 Å². The molecule has 0 aliphatic carbocycles. The number of hydrogen-bond acceptors (Lipinski definition) is 13. The molecular formula is C34H41I6N7O12. The van der Waals surface area contributed by atoms with E-state index in [9.17, 15) is 59.4 Å². The highest BCUT2D eigenvalue weighted by Gasteiger charge is 2.35. The Bertz CT molecular complexity index is 1810. The molecule has 59 heavy (non-hydrogen) atoms. The number of rotatable bonds is 14. The van der Waals surface area contributed by atoms with Crippen molar-refractivity contribution in [1.82, 2.24) is 25.8 Å². The van der Waals surface area contributed by atoms with Crippen LogP contribution in [-0.2, 0) is 9.59 Å². The Balaban J connectivity index is 2.15. The van der Waals surface area contributed by atoms with Crippen LogP contribution in [0.3, 0.4) is 0 Å². The van der Waals surface area contributed by atoms with E-state index in [1.165, 1.54) is 23.6 Å². The van der Waals surface area contributed by atoms with Crippen LogP contribution in [0.2, 0.25) is 0 Å². The molecule has 0 bridgehead atoms. The lowest BCUT2D eigenvalue weighted by Gasteiger charge is -2.29. The third kappa shape index (κ3) is 13.0. The van der Waals surface area contributed by atoms with Crippen molar-refractivity contribution in [2.75, 3.05) is 76.3 Å². The molecule has 2 aromatic carbocycles. The molecule has 2 aromatic rings. The predicted molar refractivity (Wildman–Crippen MR) is 265 cm³/mol. The second-order valence-electron chi connectivity index (χ2n) is 12.9. The van der Waals surface area contributed by atoms with Crippen LogP contribution in [0.4, 0.5) is 11.4 Å². The highest BCUT2D eigenvalue weighted by molar-refractivity contribution is 14.1. The van der Waals surface area contributed by atoms with E-state index in [2.05, 4.69) is 26.6 Å². The Labute approximate surface area is 420 Å². The molecule has 1 saturated heterocycles. The monoisotopic (exact) mass is 1500 g/mol. The second kappa shape index (κ2) is 24.4. The van der Waals surface area contributed by atoms with Gasteiger partial charge >= 0.3 is 0 Å². The van der Waals surface area contributed by atoms with Crippen LogP contribution in [0.1, 0.15) is 55.3 Å². The minimum absolute atomic E-state index is 0.0209. The highest BCUT2D eigenvalue weighted by atomic mass is 127. The fourth-order valence-electron chi connectivity index (χ4n) is 5.33. The maximum Gasteiger partial charge on any atom is 0.256 e. The summed E-state index contributed by atoms with van der Waals surface area (Å²) in [5.74, 6) is -4.20. The largest absolute Gasteiger partial charge is 0.394 e. The SMILES string of the molecule is C[C@H](O)C(=O)Nc1c(I)c(C(=O)NC(CO)CO)c(I)c(C(=O)N2CCNCCN(C(=O)c3c(I)c(NC(=O)[C@H](C)O)c(I)c(C(=O)NC(CO)CO)c3I)CC2)c1I. The molecule has 1 heterocycles. The minimum atomic E-state index is -1.44. The first-order chi connectivity index (χ1) is 27.8. The minimum Gasteiger partial charge on any atom is -0.394 e. The third-order valence-corrected chi connectivity index (χ3v) is 15.1. The van der Waals surface area contributed by atoms with Crippen LogP contribution in [0.5, 0.6) is 0 Å². The first kappa shape index (κ1) is 52.7. The molecule has 1 fully saturated rings. The van der Waals surface area contributed by atoms with Gasteiger partial charge in [0.2, 0.25) is 0 Å². The van der Waals surface area contributed by atoms with Gasteiger partial charge in [-0.15, -0.1) is 0 Å². The summed E-state index contributed by atoms with van der Waals surface area (Å²) in [6.45, 7) is 1.06. The summed E-state index contributed by atoms with van der Waals surface area (Å²) >= 11 is 11.1. The summed E-state index contributed by atoms with van der Waals surface area (Å²) < 4.78 is 1.40. The van der Waals surface area contributed by atoms with Gasteiger partial charge in [-0.2, -0.15) is 0 Å². The molecule has 0 saturated carbocycles. The maximum atomic E-state index is 14.6. The van der Waals surface area contributed by atoms with Gasteiger partial charge in [-0.25, -0.2) is 0 Å². The van der Waals surface area contributed by atoms with Crippen molar-refractivity contribution >= 4 is 182 Å². The summed E-state index contributed by atoms with van der Waals surface area (Å²) in [4.78, 5) is 84.9. The zero-order valence-electron chi connectivity index (χ0n) is 31.2. The van der Waals surface area contributed by atoms with Crippen molar-refractivity contribution in [3.05, 3.63) is 43.7 Å². The van der Waals surface area contributed by atoms with Gasteiger partial charge < -0.3 is 67.0 Å². The highest BCUT2D eigenvalue weighted by Crippen LogP contribution is 2.38. The number of nitrogens with one attached hydrogen (secondary N) is 5. The number of carbonyl (C=O) groups excluding carboxylic acids is 6. The molecule has 1 aliphatic heterocycles. The van der Waals surface area contributed by atoms with Gasteiger partial charge in [-0.3, -0.25) is 28.8 Å². The number of hydrogen-bond donors (Lipinski definition) is 11. The van der Waals surface area contributed by atoms with E-state index in [4.69, 9.17) is 0 Å². The number of amides is 6. The third-order valence-electron chi connectivity index (χ3n) is 8.65. The fourth-order valence-corrected chi connectivity index (χ4v) is 14.1. The average Bonchev–Trinajstić information content (AvgIpc) is 3.31. The smallest absolute Gasteiger partial charge is 0.256 e. The van der Waals surface area contributed by atoms with Crippen LogP contribution in [0, 0.1) is 21.4 Å². The van der Waals surface area contributed by atoms with E-state index >= 15 is 0 Å². The lowest BCUT2D eigenvalue weighted by atomic mass is 10.1. The van der Waals surface area contributed by atoms with E-state index in [0.717, 1.165) is 0 Å². The normalized spacial score (nSPS) is 14.6. The zero-order chi connectivity index (χ0) is 44.5. The standard InChI is InChI=1S/C34H41I6N7O12/c1-13(52)29(54)44-27-23(37)17(31(56)42-15(9-48)10-49)21(35)19(25(27)39)33(58)46-5-3-41-4-6-47(8-7-46)34(59)20-22(36)18(32(57)43-16(11-50)12-51)24(38)28(26(20)40)45-30(55)14(2)53/h13-16,41,48-53H,3-12H2,1-2H3,(H,42,56)(H,43,57)(H,44,54)(H,45,55)/t13-,14-/m0/s1. The van der Waals surface area contributed by atoms with Gasteiger partial charge in [-0.05, 0) is 149 Å². The van der Waals surface area contributed by atoms with Gasteiger partial charge in [0.1, 0.15) is 12.2 Å². The Morgan fingerprint density at radius 1 is 0.542 bits per heavy atom. The average molecular weight is 1500 g/mol. The van der Waals surface area contributed by atoms with Crippen molar-refractivity contribution in [3.8, 4) is 0 Å². The lowest BCUT2D eigenvalue weighted by Crippen LogP contribution is -2.44. The van der Waals surface area contributed by atoms with Crippen molar-refractivity contribution in [3.63, 3.8) is 0 Å². The van der Waals surface area contributed by atoms with Gasteiger partial charge in [0, 0.05) is 46.4 Å². The number of halogens is 6. The molecule has 6 amide bonds. The number of anilines is 2. The summed E-state index contributed by atoms with van der Waals surface area (Å²) in [6, 6.07) is -2.05. The topological polar surface area (TPSA) is 290 Å². The van der Waals surface area contributed by atoms with Crippen LogP contribution in [0.15, 0.2) is 0 Å². The van der Waals surface area contributed by atoms with Crippen LogP contribution in [0.25, 0.3) is 0 Å². The fraction of sp³-hybridized carbons (Fsp3) is 0.471. The van der Waals surface area contributed by atoms with Crippen molar-refractivity contribution in [1.29, 1.82) is 0 Å². The number of aliphatic hydroxyl groups excluding tert-OH is 6. The van der Waals surface area contributed by atoms with Gasteiger partial charge in [-0.1, -0.05) is 0 Å². The lowest BCUT2D eigenvalue weighted by molar-refractivity contribution is -0.123. The zero-order valence-corrected chi connectivity index (χ0v) is 44.1. The molecule has 25 heteroatoms. The molecule has 1 aliphatic rings. The van der Waals surface area contributed by atoms with Crippen LogP contribution in [-0.4, -0.2) is 166 Å². The number of carbonyl (C=O) groups is 6. The Morgan fingerprint density at radius 2 is 0.847 bits per heavy atom. The Morgan fingerprint density at radius 3 is 1.14 bits per heavy atom. The van der Waals surface area contributed by atoms with Crippen LogP contribution >= 0.6 is 136 Å². The molecule has 0 aromatic heterocycles. The Kier molecular flexibility index (Phi) is 21.8. The van der Waals surface area contributed by atoms with Crippen molar-refractivity contribution < 1.29 is 59.4 Å². The molecule has 19 nitrogen and oxygen atoms in total. The molecule has 0 spiro atoms. The molecule has 2 atom stereocenters. The second-order valence-corrected chi connectivity index (χ2v) is 19.3. The molecule has 3 rings (SSSR count). The van der Waals surface area contributed by atoms with E-state index in [1.54, 1.807) is 0 Å². The van der Waals surface area contributed by atoms with Crippen molar-refractivity contribution in [2.24, 2.45) is 0 Å². The number of aliphatic hydroxyl groups is 6. The summed E-state index contributed by atoms with van der Waals surface area (Å²) in [7, 11) is 0. The quantitative estimate of drug-likeness (QED) is 0.114.